The van der Waals surface area contributed by atoms with Gasteiger partial charge in [0.05, 0.1) is 10.6 Å². The molecule has 130 valence electrons. The summed E-state index contributed by atoms with van der Waals surface area (Å²) in [5, 5.41) is 3.93. The van der Waals surface area contributed by atoms with E-state index in [9.17, 15) is 8.42 Å². The molecule has 0 radical (unpaired) electrons. The van der Waals surface area contributed by atoms with Crippen LogP contribution in [-0.4, -0.2) is 13.6 Å². The highest BCUT2D eigenvalue weighted by atomic mass is 32.2. The maximum atomic E-state index is 12.6. The van der Waals surface area contributed by atoms with Gasteiger partial charge in [0.15, 0.2) is 0 Å². The van der Waals surface area contributed by atoms with Gasteiger partial charge in [0.1, 0.15) is 5.76 Å². The molecule has 0 fully saturated rings. The lowest BCUT2D eigenvalue weighted by Gasteiger charge is -2.10. The van der Waals surface area contributed by atoms with E-state index in [1.807, 2.05) is 39.8 Å². The van der Waals surface area contributed by atoms with Gasteiger partial charge in [-0.2, -0.15) is 0 Å². The van der Waals surface area contributed by atoms with Crippen LogP contribution in [0.3, 0.4) is 0 Å². The van der Waals surface area contributed by atoms with Crippen LogP contribution in [0.1, 0.15) is 22.6 Å². The first-order chi connectivity index (χ1) is 11.8. The van der Waals surface area contributed by atoms with Gasteiger partial charge in [0.25, 0.3) is 10.0 Å². The minimum atomic E-state index is -3.64. The summed E-state index contributed by atoms with van der Waals surface area (Å²) in [7, 11) is -3.64. The van der Waals surface area contributed by atoms with Gasteiger partial charge in [-0.05, 0) is 68.7 Å². The molecule has 1 heterocycles. The lowest BCUT2D eigenvalue weighted by atomic mass is 10.0. The fourth-order valence-corrected chi connectivity index (χ4v) is 3.76. The summed E-state index contributed by atoms with van der Waals surface area (Å²) < 4.78 is 33.0. The van der Waals surface area contributed by atoms with Crippen molar-refractivity contribution >= 4 is 15.7 Å². The van der Waals surface area contributed by atoms with Crippen molar-refractivity contribution in [2.75, 3.05) is 4.72 Å². The molecule has 0 aliphatic rings. The van der Waals surface area contributed by atoms with Crippen LogP contribution >= 0.6 is 0 Å². The first-order valence-corrected chi connectivity index (χ1v) is 9.39. The number of benzene rings is 2. The molecule has 0 spiro atoms. The van der Waals surface area contributed by atoms with Gasteiger partial charge in [-0.25, -0.2) is 8.42 Å². The second kappa shape index (κ2) is 6.37. The average molecular weight is 356 g/mol. The highest BCUT2D eigenvalue weighted by molar-refractivity contribution is 7.92. The fraction of sp³-hybridized carbons (Fsp3) is 0.211. The lowest BCUT2D eigenvalue weighted by Crippen LogP contribution is -2.13. The zero-order valence-corrected chi connectivity index (χ0v) is 15.4. The second-order valence-electron chi connectivity index (χ2n) is 6.13. The molecule has 2 aromatic carbocycles. The molecule has 3 aromatic rings. The molecule has 6 heteroatoms. The minimum absolute atomic E-state index is 0.209. The third-order valence-corrected chi connectivity index (χ3v) is 5.64. The number of hydrogen-bond donors (Lipinski definition) is 1. The Bertz CT molecular complexity index is 1000. The maximum absolute atomic E-state index is 12.6. The zero-order chi connectivity index (χ0) is 18.2. The van der Waals surface area contributed by atoms with Crippen molar-refractivity contribution < 1.29 is 12.9 Å². The molecule has 3 rings (SSSR count). The number of nitrogens with one attached hydrogen (secondary N) is 1. The summed E-state index contributed by atoms with van der Waals surface area (Å²) in [5.74, 6) is 0.710. The highest BCUT2D eigenvalue weighted by Gasteiger charge is 2.16. The molecule has 0 saturated heterocycles. The highest BCUT2D eigenvalue weighted by Crippen LogP contribution is 2.28. The van der Waals surface area contributed by atoms with Crippen molar-refractivity contribution in [3.63, 3.8) is 0 Å². The summed E-state index contributed by atoms with van der Waals surface area (Å²) in [4.78, 5) is 0.209. The summed E-state index contributed by atoms with van der Waals surface area (Å²) in [6.07, 6.45) is 0. The van der Waals surface area contributed by atoms with Gasteiger partial charge in [0, 0.05) is 11.3 Å². The number of anilines is 1. The third-order valence-electron chi connectivity index (χ3n) is 4.25. The van der Waals surface area contributed by atoms with Crippen LogP contribution in [0.25, 0.3) is 11.1 Å². The first-order valence-electron chi connectivity index (χ1n) is 7.91. The van der Waals surface area contributed by atoms with Gasteiger partial charge < -0.3 is 4.52 Å². The van der Waals surface area contributed by atoms with E-state index in [1.165, 1.54) is 0 Å². The van der Waals surface area contributed by atoms with Gasteiger partial charge >= 0.3 is 0 Å². The van der Waals surface area contributed by atoms with E-state index in [0.717, 1.165) is 27.9 Å². The van der Waals surface area contributed by atoms with E-state index in [0.29, 0.717) is 11.4 Å². The van der Waals surface area contributed by atoms with Crippen LogP contribution in [0.4, 0.5) is 5.69 Å². The lowest BCUT2D eigenvalue weighted by molar-refractivity contribution is 0.393. The van der Waals surface area contributed by atoms with Crippen molar-refractivity contribution in [1.82, 2.24) is 5.16 Å². The standard InChI is InChI=1S/C19H20N2O3S/c1-12-5-8-17(11-13(12)2)21-25(22,23)18-9-6-16(7-10-18)19-14(3)20-24-15(19)4/h5-11,21H,1-4H3. The van der Waals surface area contributed by atoms with Crippen molar-refractivity contribution in [1.29, 1.82) is 0 Å². The molecule has 0 aliphatic heterocycles. The van der Waals surface area contributed by atoms with Crippen molar-refractivity contribution in [2.24, 2.45) is 0 Å². The molecule has 0 atom stereocenters. The topological polar surface area (TPSA) is 72.2 Å². The number of sulfonamides is 1. The molecule has 1 aromatic heterocycles. The molecule has 0 aliphatic carbocycles. The quantitative estimate of drug-likeness (QED) is 0.753. The number of nitrogens with zero attached hydrogens (tertiary/aromatic N) is 1. The molecule has 1 N–H and O–H groups in total. The number of aryl methyl sites for hydroxylation is 4. The Hall–Kier alpha value is -2.60. The molecule has 25 heavy (non-hydrogen) atoms. The van der Waals surface area contributed by atoms with Gasteiger partial charge in [-0.3, -0.25) is 4.72 Å². The molecule has 0 amide bonds. The minimum Gasteiger partial charge on any atom is -0.361 e. The van der Waals surface area contributed by atoms with E-state index in [-0.39, 0.29) is 4.90 Å². The number of aromatic nitrogens is 1. The Balaban J connectivity index is 1.89. The van der Waals surface area contributed by atoms with Gasteiger partial charge in [-0.1, -0.05) is 23.4 Å². The predicted molar refractivity (Wildman–Crippen MR) is 98.1 cm³/mol. The Morgan fingerprint density at radius 1 is 0.920 bits per heavy atom. The maximum Gasteiger partial charge on any atom is 0.261 e. The zero-order valence-electron chi connectivity index (χ0n) is 14.6. The van der Waals surface area contributed by atoms with Crippen LogP contribution in [0.15, 0.2) is 51.9 Å². The Kier molecular flexibility index (Phi) is 4.39. The number of rotatable bonds is 4. The second-order valence-corrected chi connectivity index (χ2v) is 7.81. The summed E-state index contributed by atoms with van der Waals surface area (Å²) >= 11 is 0. The largest absolute Gasteiger partial charge is 0.361 e. The molecule has 5 nitrogen and oxygen atoms in total. The Labute approximate surface area is 147 Å². The Morgan fingerprint density at radius 3 is 2.16 bits per heavy atom. The first kappa shape index (κ1) is 17.2. The predicted octanol–water partition coefficient (Wildman–Crippen LogP) is 4.38. The summed E-state index contributed by atoms with van der Waals surface area (Å²) in [6, 6.07) is 12.2. The summed E-state index contributed by atoms with van der Waals surface area (Å²) in [6.45, 7) is 7.63. The molecule has 0 bridgehead atoms. The summed E-state index contributed by atoms with van der Waals surface area (Å²) in [5.41, 5.74) is 5.26. The van der Waals surface area contributed by atoms with Crippen LogP contribution in [0, 0.1) is 27.7 Å². The van der Waals surface area contributed by atoms with E-state index in [4.69, 9.17) is 4.52 Å². The van der Waals surface area contributed by atoms with Crippen molar-refractivity contribution in [3.05, 3.63) is 65.0 Å². The molecule has 0 saturated carbocycles. The van der Waals surface area contributed by atoms with Crippen LogP contribution in [0.5, 0.6) is 0 Å². The van der Waals surface area contributed by atoms with E-state index < -0.39 is 10.0 Å². The van der Waals surface area contributed by atoms with E-state index in [2.05, 4.69) is 9.88 Å². The van der Waals surface area contributed by atoms with Gasteiger partial charge in [0.2, 0.25) is 0 Å². The Morgan fingerprint density at radius 2 is 1.60 bits per heavy atom. The fourth-order valence-electron chi connectivity index (χ4n) is 2.71. The van der Waals surface area contributed by atoms with Crippen LogP contribution < -0.4 is 4.72 Å². The van der Waals surface area contributed by atoms with Crippen molar-refractivity contribution in [3.8, 4) is 11.1 Å². The third kappa shape index (κ3) is 3.44. The van der Waals surface area contributed by atoms with E-state index in [1.54, 1.807) is 30.3 Å². The normalized spacial score (nSPS) is 11.5. The molecule has 0 unspecified atom stereocenters. The van der Waals surface area contributed by atoms with Crippen molar-refractivity contribution in [2.45, 2.75) is 32.6 Å². The molecular formula is C19H20N2O3S. The van der Waals surface area contributed by atoms with Crippen LogP contribution in [0.2, 0.25) is 0 Å². The monoisotopic (exact) mass is 356 g/mol. The van der Waals surface area contributed by atoms with Crippen LogP contribution in [-0.2, 0) is 10.0 Å². The average Bonchev–Trinajstić information content (AvgIpc) is 2.90. The SMILES string of the molecule is Cc1ccc(NS(=O)(=O)c2ccc(-c3c(C)noc3C)cc2)cc1C. The van der Waals surface area contributed by atoms with E-state index >= 15 is 0 Å². The molecular weight excluding hydrogens is 336 g/mol. The van der Waals surface area contributed by atoms with Gasteiger partial charge in [-0.15, -0.1) is 0 Å². The number of hydrogen-bond acceptors (Lipinski definition) is 4. The smallest absolute Gasteiger partial charge is 0.261 e.